The van der Waals surface area contributed by atoms with E-state index in [1.54, 1.807) is 38.7 Å². The highest BCUT2D eigenvalue weighted by Crippen LogP contribution is 2.47. The maximum Gasteiger partial charge on any atom is 0.410 e. The molecule has 13 heteroatoms. The van der Waals surface area contributed by atoms with Gasteiger partial charge in [-0.3, -0.25) is 14.5 Å². The van der Waals surface area contributed by atoms with Crippen molar-refractivity contribution in [3.63, 3.8) is 0 Å². The van der Waals surface area contributed by atoms with Gasteiger partial charge in [0.2, 0.25) is 12.7 Å². The van der Waals surface area contributed by atoms with Crippen molar-refractivity contribution < 1.29 is 47.7 Å². The number of ketones is 1. The van der Waals surface area contributed by atoms with Crippen LogP contribution in [0, 0.1) is 17.8 Å². The Bertz CT molecular complexity index is 1540. The van der Waals surface area contributed by atoms with Crippen LogP contribution in [0.1, 0.15) is 90.2 Å². The number of carbonyl (C=O) groups excluding carboxylic acids is 5. The highest BCUT2D eigenvalue weighted by atomic mass is 16.7. The number of allylic oxidation sites excluding steroid dienone is 1. The molecule has 1 aromatic rings. The molecule has 5 rings (SSSR count). The maximum atomic E-state index is 14.4. The molecule has 3 amide bonds. The molecule has 0 aromatic heterocycles. The van der Waals surface area contributed by atoms with Gasteiger partial charge in [-0.05, 0) is 77.8 Å². The fourth-order valence-electron chi connectivity index (χ4n) is 7.26. The number of hydrogen-bond donors (Lipinski definition) is 2. The molecule has 6 atom stereocenters. The first-order valence-electron chi connectivity index (χ1n) is 17.9. The summed E-state index contributed by atoms with van der Waals surface area (Å²) in [5.74, 6) is -2.38. The molecule has 2 aliphatic heterocycles. The molecule has 1 unspecified atom stereocenters. The molecule has 2 fully saturated rings. The average molecular weight is 710 g/mol. The molecule has 13 nitrogen and oxygen atoms in total. The van der Waals surface area contributed by atoms with E-state index in [2.05, 4.69) is 23.8 Å². The lowest BCUT2D eigenvalue weighted by atomic mass is 9.85. The van der Waals surface area contributed by atoms with Gasteiger partial charge in [0.15, 0.2) is 17.3 Å². The Morgan fingerprint density at radius 3 is 2.51 bits per heavy atom. The first-order chi connectivity index (χ1) is 24.3. The van der Waals surface area contributed by atoms with Crippen molar-refractivity contribution in [2.24, 2.45) is 17.8 Å². The number of fused-ring (bicyclic) bond motifs is 3. The van der Waals surface area contributed by atoms with Crippen molar-refractivity contribution in [2.45, 2.75) is 115 Å². The summed E-state index contributed by atoms with van der Waals surface area (Å²) >= 11 is 0. The number of esters is 1. The first kappa shape index (κ1) is 37.7. The van der Waals surface area contributed by atoms with E-state index in [-0.39, 0.29) is 44.5 Å². The monoisotopic (exact) mass is 709 g/mol. The summed E-state index contributed by atoms with van der Waals surface area (Å²) in [6.07, 6.45) is 5.27. The molecule has 0 radical (unpaired) electrons. The number of nitrogens with one attached hydrogen (secondary N) is 2. The Morgan fingerprint density at radius 2 is 1.82 bits per heavy atom. The Labute approximate surface area is 299 Å². The lowest BCUT2D eigenvalue weighted by molar-refractivity contribution is -0.150. The minimum atomic E-state index is -1.27. The molecule has 2 heterocycles. The molecule has 2 N–H and O–H groups in total. The molecule has 278 valence electrons. The standard InChI is InChI=1S/C38H51N3O10/c1-7-10-11-12-13-14-29(39-35(45)51-37(4,5)6)31(42)26-17-25(18-27(26)33(43)40-38(19-24(38)8-2)34(44)47-9-3)50-36(46)41-20-23-15-16-30-32(28(23)21-41)49-22-48-30/h7-8,15-16,24-27,29H,1-2,9-14,17-22H2,3-6H3,(H,39,45)(H,40,43)/t24-,25+,26?,27-,29+,38-/m1/s1. The van der Waals surface area contributed by atoms with E-state index in [0.29, 0.717) is 37.3 Å². The summed E-state index contributed by atoms with van der Waals surface area (Å²) in [7, 11) is 0. The topological polar surface area (TPSA) is 159 Å². The number of unbranched alkanes of at least 4 members (excludes halogenated alkanes) is 3. The van der Waals surface area contributed by atoms with Gasteiger partial charge in [0.05, 0.1) is 25.1 Å². The number of Topliss-reactive ketones (excluding diaryl/α,β-unsaturated/α-hetero) is 1. The molecule has 0 saturated heterocycles. The number of rotatable bonds is 15. The zero-order chi connectivity index (χ0) is 36.9. The minimum absolute atomic E-state index is 0.0528. The van der Waals surface area contributed by atoms with Crippen LogP contribution < -0.4 is 20.1 Å². The maximum absolute atomic E-state index is 14.4. The van der Waals surface area contributed by atoms with Crippen LogP contribution in [0.2, 0.25) is 0 Å². The summed E-state index contributed by atoms with van der Waals surface area (Å²) in [4.78, 5) is 69.5. The molecular weight excluding hydrogens is 658 g/mol. The third-order valence-electron chi connectivity index (χ3n) is 9.92. The second kappa shape index (κ2) is 15.8. The van der Waals surface area contributed by atoms with Crippen LogP contribution in [0.25, 0.3) is 0 Å². The molecule has 4 aliphatic rings. The van der Waals surface area contributed by atoms with E-state index in [1.165, 1.54) is 0 Å². The fraction of sp³-hybridized carbons (Fsp3) is 0.605. The SMILES string of the molecule is C=CCCCCC[C@H](NC(=O)OC(C)(C)C)C(=O)C1C[C@H](OC(=O)N2Cc3ccc4c(c3C2)OCO4)C[C@H]1C(=O)N[C@]1(C(=O)OCC)C[C@H]1C=C. The van der Waals surface area contributed by atoms with Gasteiger partial charge in [0, 0.05) is 23.9 Å². The van der Waals surface area contributed by atoms with Crippen molar-refractivity contribution in [3.8, 4) is 11.5 Å². The number of nitrogens with zero attached hydrogens (tertiary/aromatic N) is 1. The van der Waals surface area contributed by atoms with Gasteiger partial charge >= 0.3 is 18.2 Å². The molecule has 0 bridgehead atoms. The predicted octanol–water partition coefficient (Wildman–Crippen LogP) is 5.49. The normalized spacial score (nSPS) is 24.9. The van der Waals surface area contributed by atoms with E-state index in [1.807, 2.05) is 18.2 Å². The van der Waals surface area contributed by atoms with E-state index >= 15 is 0 Å². The van der Waals surface area contributed by atoms with Crippen molar-refractivity contribution in [3.05, 3.63) is 48.6 Å². The Hall–Kier alpha value is -4.55. The fourth-order valence-corrected chi connectivity index (χ4v) is 7.26. The van der Waals surface area contributed by atoms with Crippen LogP contribution in [0.3, 0.4) is 0 Å². The zero-order valence-corrected chi connectivity index (χ0v) is 30.1. The summed E-state index contributed by atoms with van der Waals surface area (Å²) in [5, 5.41) is 5.64. The zero-order valence-electron chi connectivity index (χ0n) is 30.1. The van der Waals surface area contributed by atoms with E-state index in [9.17, 15) is 24.0 Å². The van der Waals surface area contributed by atoms with Crippen LogP contribution in [0.4, 0.5) is 9.59 Å². The predicted molar refractivity (Wildman–Crippen MR) is 186 cm³/mol. The van der Waals surface area contributed by atoms with Crippen LogP contribution in [-0.4, -0.2) is 71.4 Å². The van der Waals surface area contributed by atoms with Crippen molar-refractivity contribution in [2.75, 3.05) is 13.4 Å². The summed E-state index contributed by atoms with van der Waals surface area (Å²) < 4.78 is 27.9. The second-order valence-electron chi connectivity index (χ2n) is 14.7. The van der Waals surface area contributed by atoms with Crippen LogP contribution in [-0.2, 0) is 41.7 Å². The van der Waals surface area contributed by atoms with E-state index < -0.39 is 59.2 Å². The number of benzene rings is 1. The highest BCUT2D eigenvalue weighted by molar-refractivity contribution is 5.97. The van der Waals surface area contributed by atoms with Gasteiger partial charge in [-0.2, -0.15) is 0 Å². The van der Waals surface area contributed by atoms with Gasteiger partial charge in [-0.25, -0.2) is 14.4 Å². The average Bonchev–Trinajstić information content (AvgIpc) is 3.45. The van der Waals surface area contributed by atoms with Gasteiger partial charge in [-0.1, -0.05) is 31.1 Å². The summed E-state index contributed by atoms with van der Waals surface area (Å²) in [6, 6.07) is 2.76. The number of amides is 3. The van der Waals surface area contributed by atoms with Gasteiger partial charge in [0.1, 0.15) is 17.2 Å². The van der Waals surface area contributed by atoms with Gasteiger partial charge in [-0.15, -0.1) is 13.2 Å². The third-order valence-corrected chi connectivity index (χ3v) is 9.92. The van der Waals surface area contributed by atoms with Crippen LogP contribution in [0.5, 0.6) is 11.5 Å². The minimum Gasteiger partial charge on any atom is -0.464 e. The van der Waals surface area contributed by atoms with Crippen molar-refractivity contribution in [1.29, 1.82) is 0 Å². The smallest absolute Gasteiger partial charge is 0.410 e. The number of alkyl carbamates (subject to hydrolysis) is 1. The molecule has 51 heavy (non-hydrogen) atoms. The lowest BCUT2D eigenvalue weighted by Crippen LogP contribution is -2.51. The molecule has 2 aliphatic carbocycles. The summed E-state index contributed by atoms with van der Waals surface area (Å²) in [5.41, 5.74) is -0.293. The second-order valence-corrected chi connectivity index (χ2v) is 14.7. The number of carbonyl (C=O) groups is 5. The first-order valence-corrected chi connectivity index (χ1v) is 17.9. The van der Waals surface area contributed by atoms with E-state index in [0.717, 1.165) is 30.4 Å². The van der Waals surface area contributed by atoms with E-state index in [4.69, 9.17) is 23.7 Å². The van der Waals surface area contributed by atoms with Crippen LogP contribution in [0.15, 0.2) is 37.4 Å². The lowest BCUT2D eigenvalue weighted by Gasteiger charge is -2.27. The largest absolute Gasteiger partial charge is 0.464 e. The van der Waals surface area contributed by atoms with Gasteiger partial charge < -0.3 is 34.3 Å². The molecular formula is C38H51N3O10. The Kier molecular flexibility index (Phi) is 11.7. The molecule has 0 spiro atoms. The number of hydrogen-bond acceptors (Lipinski definition) is 10. The van der Waals surface area contributed by atoms with Crippen molar-refractivity contribution in [1.82, 2.24) is 15.5 Å². The summed E-state index contributed by atoms with van der Waals surface area (Å²) in [6.45, 7) is 15.3. The molecule has 1 aromatic carbocycles. The Balaban J connectivity index is 1.35. The Morgan fingerprint density at radius 1 is 1.06 bits per heavy atom. The quantitative estimate of drug-likeness (QED) is 0.103. The van der Waals surface area contributed by atoms with Gasteiger partial charge in [0.25, 0.3) is 0 Å². The highest BCUT2D eigenvalue weighted by Gasteiger charge is 2.62. The third kappa shape index (κ3) is 8.68. The van der Waals surface area contributed by atoms with Crippen LogP contribution >= 0.6 is 0 Å². The van der Waals surface area contributed by atoms with Crippen molar-refractivity contribution >= 4 is 29.8 Å². The molecule has 2 saturated carbocycles. The number of ether oxygens (including phenoxy) is 5.